The number of hydrogen-bond donors (Lipinski definition) is 0. The molecule has 6 nitrogen and oxygen atoms in total. The Balaban J connectivity index is 1.78. The Morgan fingerprint density at radius 2 is 2.25 bits per heavy atom. The van der Waals surface area contributed by atoms with Gasteiger partial charge in [-0.1, -0.05) is 0 Å². The predicted octanol–water partition coefficient (Wildman–Crippen LogP) is 1.27. The third-order valence-electron chi connectivity index (χ3n) is 3.82. The molecule has 3 rings (SSSR count). The molecule has 1 saturated carbocycles. The number of hydrogen-bond acceptors (Lipinski definition) is 6. The lowest BCUT2D eigenvalue weighted by Gasteiger charge is -2.37. The van der Waals surface area contributed by atoms with Crippen molar-refractivity contribution in [1.29, 1.82) is 0 Å². The number of methoxy groups -OCH3 is 1. The highest BCUT2D eigenvalue weighted by molar-refractivity contribution is 5.89. The Bertz CT molecular complexity index is 504. The van der Waals surface area contributed by atoms with Gasteiger partial charge in [0.1, 0.15) is 0 Å². The number of nitrogens with zero attached hydrogens (tertiary/aromatic N) is 3. The van der Waals surface area contributed by atoms with Crippen LogP contribution >= 0.6 is 0 Å². The molecule has 6 heteroatoms. The highest BCUT2D eigenvalue weighted by Crippen LogP contribution is 2.37. The number of carbonyl (C=O) groups is 1. The summed E-state index contributed by atoms with van der Waals surface area (Å²) in [6, 6.07) is 1.74. The molecule has 1 aliphatic heterocycles. The van der Waals surface area contributed by atoms with Crippen LogP contribution in [0.3, 0.4) is 0 Å². The van der Waals surface area contributed by atoms with Crippen molar-refractivity contribution in [3.8, 4) is 0 Å². The van der Waals surface area contributed by atoms with E-state index < -0.39 is 0 Å². The Morgan fingerprint density at radius 1 is 1.45 bits per heavy atom. The first-order valence-corrected chi connectivity index (χ1v) is 6.99. The van der Waals surface area contributed by atoms with Gasteiger partial charge < -0.3 is 14.4 Å². The summed E-state index contributed by atoms with van der Waals surface area (Å²) >= 11 is 0. The van der Waals surface area contributed by atoms with Crippen molar-refractivity contribution < 1.29 is 14.3 Å². The van der Waals surface area contributed by atoms with Gasteiger partial charge in [-0.25, -0.2) is 4.79 Å². The van der Waals surface area contributed by atoms with E-state index in [0.717, 1.165) is 13.1 Å². The lowest BCUT2D eigenvalue weighted by atomic mass is 10.1. The van der Waals surface area contributed by atoms with Crippen molar-refractivity contribution in [3.05, 3.63) is 17.8 Å². The van der Waals surface area contributed by atoms with Gasteiger partial charge in [-0.3, -0.25) is 0 Å². The molecule has 1 aliphatic carbocycles. The van der Waals surface area contributed by atoms with Gasteiger partial charge in [-0.15, -0.1) is 5.10 Å². The largest absolute Gasteiger partial charge is 0.465 e. The lowest BCUT2D eigenvalue weighted by molar-refractivity contribution is -0.0274. The van der Waals surface area contributed by atoms with Crippen LogP contribution in [-0.2, 0) is 9.47 Å². The highest BCUT2D eigenvalue weighted by Gasteiger charge is 2.37. The van der Waals surface area contributed by atoms with Gasteiger partial charge in [0.25, 0.3) is 0 Å². The minimum atomic E-state index is -0.388. The van der Waals surface area contributed by atoms with Gasteiger partial charge in [0.05, 0.1) is 31.1 Å². The van der Waals surface area contributed by atoms with E-state index in [9.17, 15) is 4.79 Å². The fraction of sp³-hybridized carbons (Fsp3) is 0.643. The first-order chi connectivity index (χ1) is 9.67. The van der Waals surface area contributed by atoms with Crippen molar-refractivity contribution in [3.63, 3.8) is 0 Å². The molecule has 2 fully saturated rings. The quantitative estimate of drug-likeness (QED) is 0.775. The Labute approximate surface area is 118 Å². The van der Waals surface area contributed by atoms with E-state index in [-0.39, 0.29) is 18.2 Å². The third kappa shape index (κ3) is 2.75. The molecule has 0 aromatic carbocycles. The monoisotopic (exact) mass is 277 g/mol. The number of carbonyl (C=O) groups excluding carboxylic acids is 1. The van der Waals surface area contributed by atoms with Gasteiger partial charge in [0.15, 0.2) is 5.82 Å². The van der Waals surface area contributed by atoms with E-state index in [1.807, 2.05) is 0 Å². The molecule has 0 bridgehead atoms. The molecule has 0 N–H and O–H groups in total. The summed E-state index contributed by atoms with van der Waals surface area (Å²) in [4.78, 5) is 13.7. The minimum Gasteiger partial charge on any atom is -0.465 e. The fourth-order valence-electron chi connectivity index (χ4n) is 2.64. The van der Waals surface area contributed by atoms with Crippen LogP contribution in [0.5, 0.6) is 0 Å². The molecule has 0 spiro atoms. The van der Waals surface area contributed by atoms with Gasteiger partial charge in [0.2, 0.25) is 0 Å². The molecule has 2 atom stereocenters. The van der Waals surface area contributed by atoms with Gasteiger partial charge in [-0.05, 0) is 31.7 Å². The van der Waals surface area contributed by atoms with E-state index in [0.29, 0.717) is 17.3 Å². The van der Waals surface area contributed by atoms with Crippen molar-refractivity contribution in [2.45, 2.75) is 32.0 Å². The maximum atomic E-state index is 11.6. The Morgan fingerprint density at radius 3 is 2.95 bits per heavy atom. The molecule has 1 aromatic rings. The van der Waals surface area contributed by atoms with Crippen molar-refractivity contribution in [2.24, 2.45) is 5.92 Å². The average molecular weight is 277 g/mol. The first-order valence-electron chi connectivity index (χ1n) is 6.99. The molecule has 0 unspecified atom stereocenters. The highest BCUT2D eigenvalue weighted by atomic mass is 16.5. The van der Waals surface area contributed by atoms with Crippen molar-refractivity contribution in [1.82, 2.24) is 10.2 Å². The number of morpholine rings is 1. The number of anilines is 1. The van der Waals surface area contributed by atoms with Crippen LogP contribution in [0.15, 0.2) is 12.3 Å². The molecule has 0 radical (unpaired) electrons. The van der Waals surface area contributed by atoms with E-state index in [1.54, 1.807) is 6.07 Å². The first kappa shape index (κ1) is 13.3. The predicted molar refractivity (Wildman–Crippen MR) is 72.6 cm³/mol. The smallest absolute Gasteiger partial charge is 0.339 e. The molecular weight excluding hydrogens is 258 g/mol. The Hall–Kier alpha value is -1.69. The molecule has 1 saturated heterocycles. The summed E-state index contributed by atoms with van der Waals surface area (Å²) in [6.45, 7) is 3.65. The zero-order valence-corrected chi connectivity index (χ0v) is 11.8. The summed E-state index contributed by atoms with van der Waals surface area (Å²) in [7, 11) is 1.36. The fourth-order valence-corrected chi connectivity index (χ4v) is 2.64. The summed E-state index contributed by atoms with van der Waals surface area (Å²) in [6.07, 6.45) is 4.36. The molecule has 1 aromatic heterocycles. The molecule has 2 heterocycles. The third-order valence-corrected chi connectivity index (χ3v) is 3.82. The normalized spacial score (nSPS) is 26.4. The van der Waals surface area contributed by atoms with Crippen LogP contribution in [0.25, 0.3) is 0 Å². The summed E-state index contributed by atoms with van der Waals surface area (Å²) < 4.78 is 10.7. The molecular formula is C14H19N3O3. The van der Waals surface area contributed by atoms with Crippen LogP contribution in [0.1, 0.15) is 30.1 Å². The second-order valence-electron chi connectivity index (χ2n) is 5.52. The van der Waals surface area contributed by atoms with E-state index in [2.05, 4.69) is 22.0 Å². The lowest BCUT2D eigenvalue weighted by Crippen LogP contribution is -2.48. The maximum absolute atomic E-state index is 11.6. The maximum Gasteiger partial charge on any atom is 0.339 e. The topological polar surface area (TPSA) is 64.5 Å². The van der Waals surface area contributed by atoms with Crippen LogP contribution in [-0.4, -0.2) is 48.6 Å². The number of aromatic nitrogens is 2. The van der Waals surface area contributed by atoms with Crippen molar-refractivity contribution >= 4 is 11.8 Å². The minimum absolute atomic E-state index is 0.165. The van der Waals surface area contributed by atoms with E-state index >= 15 is 0 Å². The van der Waals surface area contributed by atoms with E-state index in [1.165, 1.54) is 26.1 Å². The van der Waals surface area contributed by atoms with Crippen LogP contribution in [0.2, 0.25) is 0 Å². The van der Waals surface area contributed by atoms with E-state index in [4.69, 9.17) is 9.47 Å². The SMILES string of the molecule is COC(=O)c1cnnc(N2C[C@@H](C3CC3)O[C@@H](C)C2)c1. The van der Waals surface area contributed by atoms with Crippen LogP contribution in [0.4, 0.5) is 5.82 Å². The molecule has 108 valence electrons. The zero-order chi connectivity index (χ0) is 14.1. The van der Waals surface area contributed by atoms with Gasteiger partial charge in [-0.2, -0.15) is 5.10 Å². The molecule has 20 heavy (non-hydrogen) atoms. The molecule has 2 aliphatic rings. The van der Waals surface area contributed by atoms with Crippen LogP contribution in [0, 0.1) is 5.92 Å². The second-order valence-corrected chi connectivity index (χ2v) is 5.52. The number of esters is 1. The van der Waals surface area contributed by atoms with Gasteiger partial charge in [0, 0.05) is 13.1 Å². The van der Waals surface area contributed by atoms with Gasteiger partial charge >= 0.3 is 5.97 Å². The van der Waals surface area contributed by atoms with Crippen molar-refractivity contribution in [2.75, 3.05) is 25.1 Å². The zero-order valence-electron chi connectivity index (χ0n) is 11.8. The molecule has 0 amide bonds. The summed E-state index contributed by atoms with van der Waals surface area (Å²) in [5.41, 5.74) is 0.430. The average Bonchev–Trinajstić information content (AvgIpc) is 3.30. The standard InChI is InChI=1S/C14H19N3O3/c1-9-7-17(8-12(20-9)10-3-4-10)13-5-11(6-15-16-13)14(18)19-2/h5-6,9-10,12H,3-4,7-8H2,1-2H3/t9-,12-/m0/s1. The number of ether oxygens (including phenoxy) is 2. The second kappa shape index (κ2) is 5.36. The Kier molecular flexibility index (Phi) is 3.56. The summed E-state index contributed by atoms with van der Waals surface area (Å²) in [5, 5.41) is 8.05. The van der Waals surface area contributed by atoms with Crippen LogP contribution < -0.4 is 4.90 Å². The summed E-state index contributed by atoms with van der Waals surface area (Å²) in [5.74, 6) is 1.01. The number of rotatable bonds is 3.